The first kappa shape index (κ1) is 16.9. The average molecular weight is 366 g/mol. The van der Waals surface area contributed by atoms with Gasteiger partial charge in [0.15, 0.2) is 11.5 Å². The van der Waals surface area contributed by atoms with Crippen LogP contribution in [0.5, 0.6) is 11.5 Å². The molecule has 0 aliphatic carbocycles. The van der Waals surface area contributed by atoms with Gasteiger partial charge in [0.05, 0.1) is 6.54 Å². The van der Waals surface area contributed by atoms with Crippen molar-refractivity contribution >= 4 is 29.1 Å². The van der Waals surface area contributed by atoms with Gasteiger partial charge in [0.25, 0.3) is 0 Å². The number of hydrogen-bond donors (Lipinski definition) is 1. The van der Waals surface area contributed by atoms with Crippen molar-refractivity contribution in [1.82, 2.24) is 5.32 Å². The lowest BCUT2D eigenvalue weighted by Gasteiger charge is -2.26. The summed E-state index contributed by atoms with van der Waals surface area (Å²) in [6.45, 7) is 0.821. The van der Waals surface area contributed by atoms with Crippen molar-refractivity contribution in [3.05, 3.63) is 58.1 Å². The Morgan fingerprint density at radius 3 is 2.75 bits per heavy atom. The number of hydrogen-bond acceptors (Lipinski definition) is 3. The first-order valence-corrected chi connectivity index (χ1v) is 8.46. The van der Waals surface area contributed by atoms with Gasteiger partial charge in [-0.25, -0.2) is 0 Å². The summed E-state index contributed by atoms with van der Waals surface area (Å²) >= 11 is 12.0. The van der Waals surface area contributed by atoms with Crippen molar-refractivity contribution in [1.29, 1.82) is 0 Å². The van der Waals surface area contributed by atoms with Gasteiger partial charge in [-0.2, -0.15) is 0 Å². The molecular formula is C18H17Cl2NO3. The fourth-order valence-corrected chi connectivity index (χ4v) is 2.96. The Kier molecular flexibility index (Phi) is 5.48. The summed E-state index contributed by atoms with van der Waals surface area (Å²) in [4.78, 5) is 12.0. The van der Waals surface area contributed by atoms with Crippen molar-refractivity contribution < 1.29 is 14.3 Å². The normalized spacial score (nSPS) is 15.8. The molecule has 2 aromatic rings. The molecule has 1 heterocycles. The Morgan fingerprint density at radius 2 is 1.96 bits per heavy atom. The zero-order valence-corrected chi connectivity index (χ0v) is 14.4. The number of para-hydroxylation sites is 2. The maximum Gasteiger partial charge on any atom is 0.220 e. The molecule has 0 fully saturated rings. The van der Waals surface area contributed by atoms with E-state index in [0.29, 0.717) is 41.8 Å². The third-order valence-electron chi connectivity index (χ3n) is 3.73. The summed E-state index contributed by atoms with van der Waals surface area (Å²) in [6.07, 6.45) is 0.723. The lowest BCUT2D eigenvalue weighted by atomic mass is 10.1. The van der Waals surface area contributed by atoms with Gasteiger partial charge in [0, 0.05) is 16.5 Å². The molecule has 0 radical (unpaired) electrons. The van der Waals surface area contributed by atoms with E-state index in [0.717, 1.165) is 11.3 Å². The molecule has 0 saturated carbocycles. The van der Waals surface area contributed by atoms with E-state index in [1.165, 1.54) is 0 Å². The summed E-state index contributed by atoms with van der Waals surface area (Å²) in [6, 6.07) is 12.8. The Morgan fingerprint density at radius 1 is 1.17 bits per heavy atom. The van der Waals surface area contributed by atoms with Crippen molar-refractivity contribution in [2.24, 2.45) is 0 Å². The second-order valence-electron chi connectivity index (χ2n) is 5.54. The maximum atomic E-state index is 12.0. The maximum absolute atomic E-state index is 12.0. The molecule has 4 nitrogen and oxygen atoms in total. The van der Waals surface area contributed by atoms with Crippen molar-refractivity contribution in [2.75, 3.05) is 13.2 Å². The molecule has 1 amide bonds. The van der Waals surface area contributed by atoms with Gasteiger partial charge in [0.2, 0.25) is 5.91 Å². The van der Waals surface area contributed by atoms with E-state index in [9.17, 15) is 4.79 Å². The highest BCUT2D eigenvalue weighted by Crippen LogP contribution is 2.30. The number of fused-ring (bicyclic) bond motifs is 1. The molecule has 0 bridgehead atoms. The fourth-order valence-electron chi connectivity index (χ4n) is 2.45. The quantitative estimate of drug-likeness (QED) is 0.874. The molecule has 0 aromatic heterocycles. The third kappa shape index (κ3) is 4.34. The Balaban J connectivity index is 1.45. The summed E-state index contributed by atoms with van der Waals surface area (Å²) in [5.41, 5.74) is 0.905. The zero-order valence-electron chi connectivity index (χ0n) is 12.9. The van der Waals surface area contributed by atoms with Crippen molar-refractivity contribution in [2.45, 2.75) is 18.9 Å². The first-order valence-electron chi connectivity index (χ1n) is 7.71. The monoisotopic (exact) mass is 365 g/mol. The van der Waals surface area contributed by atoms with Gasteiger partial charge < -0.3 is 14.8 Å². The van der Waals surface area contributed by atoms with E-state index in [4.69, 9.17) is 32.7 Å². The summed E-state index contributed by atoms with van der Waals surface area (Å²) < 4.78 is 11.4. The number of rotatable bonds is 5. The van der Waals surface area contributed by atoms with E-state index in [1.54, 1.807) is 12.1 Å². The van der Waals surface area contributed by atoms with Gasteiger partial charge in [0.1, 0.15) is 12.7 Å². The van der Waals surface area contributed by atoms with Crippen LogP contribution in [0, 0.1) is 0 Å². The summed E-state index contributed by atoms with van der Waals surface area (Å²) in [5, 5.41) is 4.04. The molecule has 1 aliphatic heterocycles. The minimum atomic E-state index is -0.192. The third-order valence-corrected chi connectivity index (χ3v) is 4.32. The van der Waals surface area contributed by atoms with E-state index in [2.05, 4.69) is 5.32 Å². The number of benzene rings is 2. The van der Waals surface area contributed by atoms with E-state index in [1.807, 2.05) is 30.3 Å². The number of aryl methyl sites for hydroxylation is 1. The highest BCUT2D eigenvalue weighted by Gasteiger charge is 2.20. The molecule has 0 spiro atoms. The molecule has 126 valence electrons. The van der Waals surface area contributed by atoms with Crippen LogP contribution in [0.2, 0.25) is 10.0 Å². The molecule has 0 saturated heterocycles. The molecule has 1 N–H and O–H groups in total. The standard InChI is InChI=1S/C18H17Cl2NO3/c19-13-7-5-12(15(20)9-13)6-8-18(22)21-10-14-11-23-16-3-1-2-4-17(16)24-14/h1-5,7,9,14H,6,8,10-11H2,(H,21,22)/t14-/m1/s1. The van der Waals surface area contributed by atoms with Crippen LogP contribution in [0.15, 0.2) is 42.5 Å². The zero-order chi connectivity index (χ0) is 16.9. The van der Waals surface area contributed by atoms with E-state index >= 15 is 0 Å². The SMILES string of the molecule is O=C(CCc1ccc(Cl)cc1Cl)NC[C@@H]1COc2ccccc2O1. The van der Waals surface area contributed by atoms with Gasteiger partial charge in [-0.15, -0.1) is 0 Å². The van der Waals surface area contributed by atoms with Gasteiger partial charge in [-0.05, 0) is 36.2 Å². The van der Waals surface area contributed by atoms with Crippen molar-refractivity contribution in [3.8, 4) is 11.5 Å². The molecule has 1 atom stereocenters. The van der Waals surface area contributed by atoms with Gasteiger partial charge in [-0.1, -0.05) is 41.4 Å². The number of amides is 1. The van der Waals surface area contributed by atoms with Crippen LogP contribution in [-0.2, 0) is 11.2 Å². The molecule has 0 unspecified atom stereocenters. The molecule has 6 heteroatoms. The fraction of sp³-hybridized carbons (Fsp3) is 0.278. The Labute approximate surface area is 150 Å². The van der Waals surface area contributed by atoms with Crippen LogP contribution in [0.3, 0.4) is 0 Å². The predicted octanol–water partition coefficient (Wildman–Crippen LogP) is 3.88. The number of carbonyl (C=O) groups is 1. The highest BCUT2D eigenvalue weighted by atomic mass is 35.5. The van der Waals surface area contributed by atoms with Crippen LogP contribution in [-0.4, -0.2) is 25.2 Å². The molecule has 24 heavy (non-hydrogen) atoms. The van der Waals surface area contributed by atoms with Gasteiger partial charge >= 0.3 is 0 Å². The predicted molar refractivity (Wildman–Crippen MR) is 94.1 cm³/mol. The topological polar surface area (TPSA) is 47.6 Å². The average Bonchev–Trinajstić information content (AvgIpc) is 2.59. The smallest absolute Gasteiger partial charge is 0.220 e. The minimum Gasteiger partial charge on any atom is -0.486 e. The highest BCUT2D eigenvalue weighted by molar-refractivity contribution is 6.35. The second-order valence-corrected chi connectivity index (χ2v) is 6.38. The second kappa shape index (κ2) is 7.77. The molecular weight excluding hydrogens is 349 g/mol. The van der Waals surface area contributed by atoms with Crippen LogP contribution < -0.4 is 14.8 Å². The molecule has 3 rings (SSSR count). The summed E-state index contributed by atoms with van der Waals surface area (Å²) in [5.74, 6) is 1.39. The van der Waals surface area contributed by atoms with Gasteiger partial charge in [-0.3, -0.25) is 4.79 Å². The van der Waals surface area contributed by atoms with E-state index in [-0.39, 0.29) is 12.0 Å². The number of halogens is 2. The lowest BCUT2D eigenvalue weighted by Crippen LogP contribution is -2.40. The largest absolute Gasteiger partial charge is 0.486 e. The number of nitrogens with one attached hydrogen (secondary N) is 1. The minimum absolute atomic E-state index is 0.0523. The Bertz CT molecular complexity index is 736. The molecule has 2 aromatic carbocycles. The first-order chi connectivity index (χ1) is 11.6. The van der Waals surface area contributed by atoms with E-state index < -0.39 is 0 Å². The Hall–Kier alpha value is -1.91. The van der Waals surface area contributed by atoms with Crippen LogP contribution >= 0.6 is 23.2 Å². The lowest BCUT2D eigenvalue weighted by molar-refractivity contribution is -0.121. The van der Waals surface area contributed by atoms with Crippen LogP contribution in [0.1, 0.15) is 12.0 Å². The van der Waals surface area contributed by atoms with Crippen LogP contribution in [0.25, 0.3) is 0 Å². The van der Waals surface area contributed by atoms with Crippen molar-refractivity contribution in [3.63, 3.8) is 0 Å². The number of ether oxygens (including phenoxy) is 2. The van der Waals surface area contributed by atoms with Crippen LogP contribution in [0.4, 0.5) is 0 Å². The number of carbonyl (C=O) groups excluding carboxylic acids is 1. The molecule has 1 aliphatic rings. The summed E-state index contributed by atoms with van der Waals surface area (Å²) in [7, 11) is 0.